The van der Waals surface area contributed by atoms with Crippen molar-refractivity contribution < 1.29 is 4.74 Å². The molecule has 4 heteroatoms. The van der Waals surface area contributed by atoms with E-state index in [0.717, 1.165) is 32.8 Å². The van der Waals surface area contributed by atoms with E-state index in [4.69, 9.17) is 4.74 Å². The van der Waals surface area contributed by atoms with Crippen molar-refractivity contribution in [3.63, 3.8) is 0 Å². The fourth-order valence-electron chi connectivity index (χ4n) is 2.24. The molecule has 4 nitrogen and oxygen atoms in total. The second-order valence-corrected chi connectivity index (χ2v) is 5.41. The van der Waals surface area contributed by atoms with E-state index in [0.29, 0.717) is 6.04 Å². The van der Waals surface area contributed by atoms with E-state index in [2.05, 4.69) is 36.0 Å². The second-order valence-electron chi connectivity index (χ2n) is 5.41. The van der Waals surface area contributed by atoms with Crippen molar-refractivity contribution in [2.45, 2.75) is 25.4 Å². The average molecular weight is 229 g/mol. The van der Waals surface area contributed by atoms with Crippen LogP contribution in [0.25, 0.3) is 0 Å². The molecule has 96 valence electrons. The molecule has 16 heavy (non-hydrogen) atoms. The van der Waals surface area contributed by atoms with Crippen molar-refractivity contribution in [3.05, 3.63) is 0 Å². The Labute approximate surface area is 99.9 Å². The van der Waals surface area contributed by atoms with Gasteiger partial charge in [0.25, 0.3) is 0 Å². The molecule has 0 aromatic heterocycles. The standard InChI is InChI=1S/C12H27N3O/c1-12(2)10-15(7-6-14(12)4)8-11(13-3)9-16-5/h11,13H,6-10H2,1-5H3. The quantitative estimate of drug-likeness (QED) is 0.731. The minimum absolute atomic E-state index is 0.281. The summed E-state index contributed by atoms with van der Waals surface area (Å²) in [6.07, 6.45) is 0. The summed E-state index contributed by atoms with van der Waals surface area (Å²) >= 11 is 0. The number of methoxy groups -OCH3 is 1. The Morgan fingerprint density at radius 3 is 2.56 bits per heavy atom. The number of likely N-dealkylation sites (N-methyl/N-ethyl adjacent to an activating group) is 2. The molecule has 0 radical (unpaired) electrons. The lowest BCUT2D eigenvalue weighted by molar-refractivity contribution is 0.0294. The van der Waals surface area contributed by atoms with Gasteiger partial charge in [0.05, 0.1) is 6.61 Å². The molecule has 0 aromatic carbocycles. The highest BCUT2D eigenvalue weighted by molar-refractivity contribution is 4.89. The van der Waals surface area contributed by atoms with Gasteiger partial charge in [0.1, 0.15) is 0 Å². The second kappa shape index (κ2) is 5.96. The maximum atomic E-state index is 5.21. The van der Waals surface area contributed by atoms with Crippen LogP contribution in [0.3, 0.4) is 0 Å². The zero-order valence-electron chi connectivity index (χ0n) is 11.4. The van der Waals surface area contributed by atoms with E-state index in [9.17, 15) is 0 Å². The van der Waals surface area contributed by atoms with E-state index >= 15 is 0 Å². The Bertz CT molecular complexity index is 208. The molecule has 1 fully saturated rings. The molecule has 0 amide bonds. The van der Waals surface area contributed by atoms with E-state index in [-0.39, 0.29) is 5.54 Å². The van der Waals surface area contributed by atoms with Crippen molar-refractivity contribution in [2.24, 2.45) is 0 Å². The first-order valence-electron chi connectivity index (χ1n) is 6.09. The molecule has 1 aliphatic heterocycles. The molecule has 0 saturated carbocycles. The van der Waals surface area contributed by atoms with Gasteiger partial charge in [-0.2, -0.15) is 0 Å². The van der Waals surface area contributed by atoms with Crippen molar-refractivity contribution in [1.29, 1.82) is 0 Å². The van der Waals surface area contributed by atoms with Gasteiger partial charge in [-0.25, -0.2) is 0 Å². The topological polar surface area (TPSA) is 27.7 Å². The van der Waals surface area contributed by atoms with Gasteiger partial charge in [-0.05, 0) is 27.9 Å². The summed E-state index contributed by atoms with van der Waals surface area (Å²) in [5.74, 6) is 0. The van der Waals surface area contributed by atoms with Gasteiger partial charge in [0, 0.05) is 44.9 Å². The summed E-state index contributed by atoms with van der Waals surface area (Å²) in [7, 11) is 5.98. The lowest BCUT2D eigenvalue weighted by Crippen LogP contribution is -2.59. The van der Waals surface area contributed by atoms with Crippen LogP contribution in [0.5, 0.6) is 0 Å². The summed E-state index contributed by atoms with van der Waals surface area (Å²) in [4.78, 5) is 4.97. The molecule has 0 aromatic rings. The third-order valence-electron chi connectivity index (χ3n) is 3.65. The lowest BCUT2D eigenvalue weighted by atomic mass is 9.99. The minimum Gasteiger partial charge on any atom is -0.383 e. The summed E-state index contributed by atoms with van der Waals surface area (Å²) in [6, 6.07) is 0.434. The van der Waals surface area contributed by atoms with Crippen molar-refractivity contribution in [1.82, 2.24) is 15.1 Å². The van der Waals surface area contributed by atoms with Gasteiger partial charge in [0.15, 0.2) is 0 Å². The van der Waals surface area contributed by atoms with Gasteiger partial charge in [-0.3, -0.25) is 9.80 Å². The molecule has 0 bridgehead atoms. The Balaban J connectivity index is 2.43. The highest BCUT2D eigenvalue weighted by Gasteiger charge is 2.31. The van der Waals surface area contributed by atoms with Crippen molar-refractivity contribution in [3.8, 4) is 0 Å². The summed E-state index contributed by atoms with van der Waals surface area (Å²) in [6.45, 7) is 9.90. The predicted molar refractivity (Wildman–Crippen MR) is 67.9 cm³/mol. The molecule has 1 saturated heterocycles. The first-order chi connectivity index (χ1) is 7.49. The smallest absolute Gasteiger partial charge is 0.0628 e. The number of hydrogen-bond acceptors (Lipinski definition) is 4. The van der Waals surface area contributed by atoms with Crippen LogP contribution in [-0.4, -0.2) is 75.4 Å². The summed E-state index contributed by atoms with van der Waals surface area (Å²) in [5.41, 5.74) is 0.281. The summed E-state index contributed by atoms with van der Waals surface area (Å²) in [5, 5.41) is 3.31. The lowest BCUT2D eigenvalue weighted by Gasteiger charge is -2.46. The molecular weight excluding hydrogens is 202 g/mol. The Hall–Kier alpha value is -0.160. The van der Waals surface area contributed by atoms with E-state index in [1.54, 1.807) is 7.11 Å². The molecule has 1 aliphatic rings. The largest absolute Gasteiger partial charge is 0.383 e. The van der Waals surface area contributed by atoms with E-state index < -0.39 is 0 Å². The maximum Gasteiger partial charge on any atom is 0.0628 e. The van der Waals surface area contributed by atoms with Gasteiger partial charge in [-0.1, -0.05) is 0 Å². The third-order valence-corrected chi connectivity index (χ3v) is 3.65. The highest BCUT2D eigenvalue weighted by Crippen LogP contribution is 2.18. The van der Waals surface area contributed by atoms with Gasteiger partial charge in [-0.15, -0.1) is 0 Å². The third kappa shape index (κ3) is 3.70. The number of ether oxygens (including phenoxy) is 1. The molecule has 1 unspecified atom stereocenters. The molecule has 0 aliphatic carbocycles. The molecule has 1 rings (SSSR count). The first-order valence-corrected chi connectivity index (χ1v) is 6.09. The number of hydrogen-bond donors (Lipinski definition) is 1. The van der Waals surface area contributed by atoms with Crippen LogP contribution in [0.15, 0.2) is 0 Å². The van der Waals surface area contributed by atoms with Crippen LogP contribution in [-0.2, 0) is 4.74 Å². The fraction of sp³-hybridized carbons (Fsp3) is 1.00. The number of piperazine rings is 1. The molecule has 1 heterocycles. The van der Waals surface area contributed by atoms with Gasteiger partial charge >= 0.3 is 0 Å². The average Bonchev–Trinajstić information content (AvgIpc) is 2.22. The van der Waals surface area contributed by atoms with Crippen molar-refractivity contribution in [2.75, 3.05) is 54.0 Å². The zero-order valence-corrected chi connectivity index (χ0v) is 11.4. The van der Waals surface area contributed by atoms with Crippen LogP contribution in [0.4, 0.5) is 0 Å². The van der Waals surface area contributed by atoms with Crippen LogP contribution < -0.4 is 5.32 Å². The molecular formula is C12H27N3O. The van der Waals surface area contributed by atoms with Crippen LogP contribution >= 0.6 is 0 Å². The fourth-order valence-corrected chi connectivity index (χ4v) is 2.24. The predicted octanol–water partition coefficient (Wildman–Crippen LogP) is 0.247. The van der Waals surface area contributed by atoms with Crippen molar-refractivity contribution >= 4 is 0 Å². The van der Waals surface area contributed by atoms with Gasteiger partial charge < -0.3 is 10.1 Å². The molecule has 1 N–H and O–H groups in total. The number of rotatable bonds is 5. The van der Waals surface area contributed by atoms with Crippen LogP contribution in [0.1, 0.15) is 13.8 Å². The minimum atomic E-state index is 0.281. The highest BCUT2D eigenvalue weighted by atomic mass is 16.5. The summed E-state index contributed by atoms with van der Waals surface area (Å²) < 4.78 is 5.21. The SMILES string of the molecule is CNC(COC)CN1CCN(C)C(C)(C)C1. The van der Waals surface area contributed by atoms with E-state index in [1.165, 1.54) is 0 Å². The first kappa shape index (κ1) is 13.9. The number of nitrogens with zero attached hydrogens (tertiary/aromatic N) is 2. The number of nitrogens with one attached hydrogen (secondary N) is 1. The van der Waals surface area contributed by atoms with E-state index in [1.807, 2.05) is 7.05 Å². The normalized spacial score (nSPS) is 24.6. The van der Waals surface area contributed by atoms with Crippen LogP contribution in [0, 0.1) is 0 Å². The monoisotopic (exact) mass is 229 g/mol. The Kier molecular flexibility index (Phi) is 5.18. The molecule has 0 spiro atoms. The molecule has 1 atom stereocenters. The van der Waals surface area contributed by atoms with Crippen LogP contribution in [0.2, 0.25) is 0 Å². The zero-order chi connectivity index (χ0) is 12.2. The Morgan fingerprint density at radius 1 is 1.38 bits per heavy atom. The Morgan fingerprint density at radius 2 is 2.06 bits per heavy atom. The van der Waals surface area contributed by atoms with Gasteiger partial charge in [0.2, 0.25) is 0 Å². The maximum absolute atomic E-state index is 5.21.